The van der Waals surface area contributed by atoms with E-state index in [2.05, 4.69) is 15.9 Å². The lowest BCUT2D eigenvalue weighted by molar-refractivity contribution is -0.166. The number of rotatable bonds is 4. The standard InChI is InChI=1S/C17H15BrF2O3/c1-10(15-13(18)8-12(19)9-14(15)20)17(22,16(21)23-2)11-6-4-3-5-7-11/h3-10,22H,1-2H3. The van der Waals surface area contributed by atoms with E-state index in [9.17, 15) is 18.7 Å². The molecule has 0 fully saturated rings. The minimum absolute atomic E-state index is 0.0110. The first-order chi connectivity index (χ1) is 10.8. The third-order valence-corrected chi connectivity index (χ3v) is 4.47. The molecule has 0 saturated heterocycles. The molecule has 2 rings (SSSR count). The first-order valence-corrected chi connectivity index (χ1v) is 7.62. The molecule has 1 N–H and O–H groups in total. The fraction of sp³-hybridized carbons (Fsp3) is 0.235. The van der Waals surface area contributed by atoms with E-state index >= 15 is 0 Å². The fourth-order valence-electron chi connectivity index (χ4n) is 2.57. The van der Waals surface area contributed by atoms with E-state index in [0.29, 0.717) is 6.07 Å². The summed E-state index contributed by atoms with van der Waals surface area (Å²) in [4.78, 5) is 12.3. The van der Waals surface area contributed by atoms with Crippen LogP contribution < -0.4 is 0 Å². The van der Waals surface area contributed by atoms with Gasteiger partial charge in [0, 0.05) is 22.0 Å². The second-order valence-electron chi connectivity index (χ2n) is 5.13. The number of carbonyl (C=O) groups excluding carboxylic acids is 1. The van der Waals surface area contributed by atoms with Gasteiger partial charge in [0.15, 0.2) is 5.60 Å². The van der Waals surface area contributed by atoms with E-state index < -0.39 is 29.1 Å². The molecular weight excluding hydrogens is 370 g/mol. The lowest BCUT2D eigenvalue weighted by atomic mass is 9.78. The minimum Gasteiger partial charge on any atom is -0.467 e. The van der Waals surface area contributed by atoms with E-state index in [1.165, 1.54) is 6.92 Å². The number of halogens is 3. The van der Waals surface area contributed by atoms with Gasteiger partial charge in [-0.15, -0.1) is 0 Å². The van der Waals surface area contributed by atoms with Gasteiger partial charge in [-0.3, -0.25) is 0 Å². The Bertz CT molecular complexity index is 698. The van der Waals surface area contributed by atoms with Crippen LogP contribution in [-0.4, -0.2) is 18.2 Å². The molecule has 2 unspecified atom stereocenters. The maximum Gasteiger partial charge on any atom is 0.343 e. The largest absolute Gasteiger partial charge is 0.467 e. The van der Waals surface area contributed by atoms with Crippen LogP contribution in [0.1, 0.15) is 24.0 Å². The van der Waals surface area contributed by atoms with Crippen LogP contribution in [-0.2, 0) is 15.1 Å². The van der Waals surface area contributed by atoms with Gasteiger partial charge < -0.3 is 9.84 Å². The number of ether oxygens (including phenoxy) is 1. The van der Waals surface area contributed by atoms with Gasteiger partial charge in [-0.25, -0.2) is 13.6 Å². The molecule has 0 amide bonds. The molecule has 0 bridgehead atoms. The van der Waals surface area contributed by atoms with Gasteiger partial charge in [0.1, 0.15) is 11.6 Å². The SMILES string of the molecule is COC(=O)C(O)(c1ccccc1)C(C)c1c(F)cc(F)cc1Br. The molecule has 2 atom stereocenters. The molecule has 0 aliphatic heterocycles. The zero-order valence-corrected chi connectivity index (χ0v) is 14.1. The average Bonchev–Trinajstić information content (AvgIpc) is 2.53. The molecule has 122 valence electrons. The molecule has 23 heavy (non-hydrogen) atoms. The third-order valence-electron chi connectivity index (χ3n) is 3.81. The van der Waals surface area contributed by atoms with Crippen molar-refractivity contribution >= 4 is 21.9 Å². The monoisotopic (exact) mass is 384 g/mol. The molecule has 6 heteroatoms. The van der Waals surface area contributed by atoms with Crippen LogP contribution in [0.15, 0.2) is 46.9 Å². The van der Waals surface area contributed by atoms with Gasteiger partial charge >= 0.3 is 5.97 Å². The van der Waals surface area contributed by atoms with Crippen molar-refractivity contribution in [1.29, 1.82) is 0 Å². The number of methoxy groups -OCH3 is 1. The van der Waals surface area contributed by atoms with Crippen molar-refractivity contribution in [3.8, 4) is 0 Å². The molecule has 2 aromatic carbocycles. The topological polar surface area (TPSA) is 46.5 Å². The summed E-state index contributed by atoms with van der Waals surface area (Å²) >= 11 is 3.09. The molecule has 2 aromatic rings. The Morgan fingerprint density at radius 2 is 1.87 bits per heavy atom. The Labute approximate surface area is 141 Å². The molecule has 0 aliphatic rings. The highest BCUT2D eigenvalue weighted by Crippen LogP contribution is 2.41. The number of carbonyl (C=O) groups is 1. The summed E-state index contributed by atoms with van der Waals surface area (Å²) in [6.45, 7) is 1.48. The highest BCUT2D eigenvalue weighted by atomic mass is 79.9. The van der Waals surface area contributed by atoms with Crippen LogP contribution in [0.25, 0.3) is 0 Å². The van der Waals surface area contributed by atoms with Gasteiger partial charge in [0.05, 0.1) is 7.11 Å². The summed E-state index contributed by atoms with van der Waals surface area (Å²) in [7, 11) is 1.14. The van der Waals surface area contributed by atoms with Crippen molar-refractivity contribution in [2.24, 2.45) is 0 Å². The molecule has 0 spiro atoms. The number of aliphatic hydroxyl groups is 1. The number of benzene rings is 2. The maximum atomic E-state index is 14.2. The van der Waals surface area contributed by atoms with E-state index in [0.717, 1.165) is 13.2 Å². The van der Waals surface area contributed by atoms with Crippen LogP contribution >= 0.6 is 15.9 Å². The first-order valence-electron chi connectivity index (χ1n) is 6.83. The quantitative estimate of drug-likeness (QED) is 0.813. The summed E-state index contributed by atoms with van der Waals surface area (Å²) in [5.74, 6) is -3.56. The van der Waals surface area contributed by atoms with Crippen LogP contribution in [0.2, 0.25) is 0 Å². The fourth-order valence-corrected chi connectivity index (χ4v) is 3.32. The molecule has 0 heterocycles. The van der Waals surface area contributed by atoms with E-state index in [-0.39, 0.29) is 15.6 Å². The Kier molecular flexibility index (Phi) is 5.16. The molecule has 0 aromatic heterocycles. The van der Waals surface area contributed by atoms with E-state index in [4.69, 9.17) is 4.74 Å². The third kappa shape index (κ3) is 3.14. The van der Waals surface area contributed by atoms with Gasteiger partial charge in [0.2, 0.25) is 0 Å². The molecule has 0 aliphatic carbocycles. The summed E-state index contributed by atoms with van der Waals surface area (Å²) in [6.07, 6.45) is 0. The highest BCUT2D eigenvalue weighted by molar-refractivity contribution is 9.10. The number of esters is 1. The second kappa shape index (κ2) is 6.76. The number of hydrogen-bond acceptors (Lipinski definition) is 3. The normalized spacial score (nSPS) is 14.9. The lowest BCUT2D eigenvalue weighted by Crippen LogP contribution is -2.42. The van der Waals surface area contributed by atoms with Crippen molar-refractivity contribution in [1.82, 2.24) is 0 Å². The zero-order chi connectivity index (χ0) is 17.2. The van der Waals surface area contributed by atoms with Gasteiger partial charge in [0.25, 0.3) is 0 Å². The maximum absolute atomic E-state index is 14.2. The minimum atomic E-state index is -2.11. The average molecular weight is 385 g/mol. The molecule has 0 saturated carbocycles. The van der Waals surface area contributed by atoms with Crippen LogP contribution in [0.3, 0.4) is 0 Å². The lowest BCUT2D eigenvalue weighted by Gasteiger charge is -2.32. The molecule has 0 radical (unpaired) electrons. The Balaban J connectivity index is 2.64. The summed E-state index contributed by atoms with van der Waals surface area (Å²) in [5.41, 5.74) is -1.87. The van der Waals surface area contributed by atoms with Gasteiger partial charge in [-0.1, -0.05) is 53.2 Å². The first kappa shape index (κ1) is 17.6. The molecular formula is C17H15BrF2O3. The highest BCUT2D eigenvalue weighted by Gasteiger charge is 2.46. The smallest absolute Gasteiger partial charge is 0.343 e. The summed E-state index contributed by atoms with van der Waals surface area (Å²) in [5, 5.41) is 11.0. The van der Waals surface area contributed by atoms with E-state index in [1.807, 2.05) is 0 Å². The van der Waals surface area contributed by atoms with Crippen LogP contribution in [0.4, 0.5) is 8.78 Å². The summed E-state index contributed by atoms with van der Waals surface area (Å²) in [6, 6.07) is 9.89. The van der Waals surface area contributed by atoms with Crippen molar-refractivity contribution in [3.05, 3.63) is 69.7 Å². The predicted octanol–water partition coefficient (Wildman–Crippen LogP) is 3.89. The zero-order valence-electron chi connectivity index (χ0n) is 12.5. The van der Waals surface area contributed by atoms with Crippen molar-refractivity contribution < 1.29 is 23.4 Å². The van der Waals surface area contributed by atoms with Crippen LogP contribution in [0, 0.1) is 11.6 Å². The van der Waals surface area contributed by atoms with Crippen LogP contribution in [0.5, 0.6) is 0 Å². The van der Waals surface area contributed by atoms with Crippen molar-refractivity contribution in [3.63, 3.8) is 0 Å². The Hall–Kier alpha value is -1.79. The second-order valence-corrected chi connectivity index (χ2v) is 5.98. The Morgan fingerprint density at radius 1 is 1.26 bits per heavy atom. The predicted molar refractivity (Wildman–Crippen MR) is 84.8 cm³/mol. The Morgan fingerprint density at radius 3 is 2.39 bits per heavy atom. The van der Waals surface area contributed by atoms with Crippen molar-refractivity contribution in [2.45, 2.75) is 18.4 Å². The number of hydrogen-bond donors (Lipinski definition) is 1. The molecule has 3 nitrogen and oxygen atoms in total. The van der Waals surface area contributed by atoms with Gasteiger partial charge in [-0.2, -0.15) is 0 Å². The summed E-state index contributed by atoms with van der Waals surface area (Å²) < 4.78 is 32.4. The van der Waals surface area contributed by atoms with Crippen molar-refractivity contribution in [2.75, 3.05) is 7.11 Å². The van der Waals surface area contributed by atoms with Gasteiger partial charge in [-0.05, 0) is 11.6 Å². The van der Waals surface area contributed by atoms with E-state index in [1.54, 1.807) is 30.3 Å².